The van der Waals surface area contributed by atoms with E-state index < -0.39 is 20.9 Å². The number of rotatable bonds is 5. The standard InChI is InChI=1S/C11H10BrNO5S/c1-2-6-18-11(15)8-4-3-5-9(12)10(8)19(16,17)13-7-14/h3-5H,2,6H2,1H3. The molecule has 8 heteroatoms. The number of halogens is 1. The zero-order valence-corrected chi connectivity index (χ0v) is 12.3. The highest BCUT2D eigenvalue weighted by Crippen LogP contribution is 2.27. The summed E-state index contributed by atoms with van der Waals surface area (Å²) >= 11 is 3.01. The molecule has 0 aliphatic carbocycles. The maximum absolute atomic E-state index is 11.8. The van der Waals surface area contributed by atoms with Gasteiger partial charge in [-0.15, -0.1) is 0 Å². The molecule has 0 spiro atoms. The molecule has 0 aliphatic heterocycles. The number of hydrogen-bond acceptors (Lipinski definition) is 5. The number of carbonyl (C=O) groups excluding carboxylic acids is 2. The normalized spacial score (nSPS) is 10.6. The van der Waals surface area contributed by atoms with E-state index in [1.54, 1.807) is 0 Å². The minimum absolute atomic E-state index is 0.123. The largest absolute Gasteiger partial charge is 0.462 e. The first-order chi connectivity index (χ1) is 8.94. The molecule has 102 valence electrons. The Morgan fingerprint density at radius 1 is 1.47 bits per heavy atom. The van der Waals surface area contributed by atoms with Crippen LogP contribution in [0.4, 0.5) is 0 Å². The predicted molar refractivity (Wildman–Crippen MR) is 70.0 cm³/mol. The highest BCUT2D eigenvalue weighted by Gasteiger charge is 2.25. The number of ether oxygens (including phenoxy) is 1. The van der Waals surface area contributed by atoms with Crippen LogP contribution < -0.4 is 0 Å². The summed E-state index contributed by atoms with van der Waals surface area (Å²) < 4.78 is 31.3. The van der Waals surface area contributed by atoms with E-state index in [0.29, 0.717) is 6.42 Å². The van der Waals surface area contributed by atoms with E-state index in [-0.39, 0.29) is 16.6 Å². The van der Waals surface area contributed by atoms with Gasteiger partial charge >= 0.3 is 5.97 Å². The first-order valence-electron chi connectivity index (χ1n) is 5.23. The van der Waals surface area contributed by atoms with Gasteiger partial charge in [0.1, 0.15) is 4.90 Å². The Hall–Kier alpha value is -1.50. The minimum Gasteiger partial charge on any atom is -0.462 e. The molecule has 0 bridgehead atoms. The zero-order chi connectivity index (χ0) is 14.5. The lowest BCUT2D eigenvalue weighted by molar-refractivity contribution is 0.0500. The van der Waals surface area contributed by atoms with Crippen molar-refractivity contribution >= 4 is 38.0 Å². The van der Waals surface area contributed by atoms with E-state index >= 15 is 0 Å². The Morgan fingerprint density at radius 2 is 2.16 bits per heavy atom. The lowest BCUT2D eigenvalue weighted by Crippen LogP contribution is -2.12. The van der Waals surface area contributed by atoms with Crippen molar-refractivity contribution in [1.82, 2.24) is 0 Å². The average Bonchev–Trinajstić information content (AvgIpc) is 2.35. The Balaban J connectivity index is 3.39. The van der Waals surface area contributed by atoms with Crippen LogP contribution in [0.5, 0.6) is 0 Å². The third kappa shape index (κ3) is 3.73. The molecule has 1 rings (SSSR count). The fourth-order valence-corrected chi connectivity index (χ4v) is 3.21. The van der Waals surface area contributed by atoms with Gasteiger partial charge in [-0.05, 0) is 34.5 Å². The number of hydrogen-bond donors (Lipinski definition) is 0. The molecular formula is C11H10BrNO5S. The highest BCUT2D eigenvalue weighted by atomic mass is 79.9. The van der Waals surface area contributed by atoms with Gasteiger partial charge in [-0.25, -0.2) is 9.59 Å². The molecule has 6 nitrogen and oxygen atoms in total. The van der Waals surface area contributed by atoms with Crippen LogP contribution in [0.2, 0.25) is 0 Å². The van der Waals surface area contributed by atoms with Crippen LogP contribution in [0.15, 0.2) is 32.0 Å². The molecule has 19 heavy (non-hydrogen) atoms. The third-order valence-electron chi connectivity index (χ3n) is 2.04. The van der Waals surface area contributed by atoms with Gasteiger partial charge in [0, 0.05) is 4.47 Å². The highest BCUT2D eigenvalue weighted by molar-refractivity contribution is 9.10. The quantitative estimate of drug-likeness (QED) is 0.461. The average molecular weight is 348 g/mol. The maximum Gasteiger partial charge on any atom is 0.339 e. The number of benzene rings is 1. The van der Waals surface area contributed by atoms with E-state index in [0.717, 1.165) is 6.08 Å². The van der Waals surface area contributed by atoms with Crippen LogP contribution in [0.1, 0.15) is 23.7 Å². The van der Waals surface area contributed by atoms with Gasteiger partial charge in [-0.2, -0.15) is 8.42 Å². The van der Waals surface area contributed by atoms with Crippen LogP contribution >= 0.6 is 15.9 Å². The van der Waals surface area contributed by atoms with Crippen LogP contribution in [0, 0.1) is 0 Å². The molecule has 0 aromatic heterocycles. The molecule has 0 fully saturated rings. The van der Waals surface area contributed by atoms with Gasteiger partial charge in [0.15, 0.2) is 0 Å². The van der Waals surface area contributed by atoms with Gasteiger partial charge in [-0.3, -0.25) is 0 Å². The van der Waals surface area contributed by atoms with E-state index in [9.17, 15) is 18.0 Å². The monoisotopic (exact) mass is 347 g/mol. The molecule has 0 radical (unpaired) electrons. The molecule has 0 aliphatic rings. The van der Waals surface area contributed by atoms with Crippen molar-refractivity contribution in [1.29, 1.82) is 0 Å². The van der Waals surface area contributed by atoms with E-state index in [1.807, 2.05) is 6.92 Å². The fourth-order valence-electron chi connectivity index (χ4n) is 1.30. The van der Waals surface area contributed by atoms with Gasteiger partial charge in [0.25, 0.3) is 16.1 Å². The number of isocyanates is 1. The fraction of sp³-hybridized carbons (Fsp3) is 0.273. The van der Waals surface area contributed by atoms with Crippen molar-refractivity contribution in [2.75, 3.05) is 6.61 Å². The predicted octanol–water partition coefficient (Wildman–Crippen LogP) is 2.04. The van der Waals surface area contributed by atoms with Crippen LogP contribution in [0.3, 0.4) is 0 Å². The first kappa shape index (κ1) is 15.6. The molecule has 0 atom stereocenters. The Labute approximate surface area is 118 Å². The summed E-state index contributed by atoms with van der Waals surface area (Å²) in [6.45, 7) is 1.98. The van der Waals surface area contributed by atoms with Gasteiger partial charge in [0.2, 0.25) is 0 Å². The second kappa shape index (κ2) is 6.60. The molecule has 0 unspecified atom stereocenters. The second-order valence-corrected chi connectivity index (χ2v) is 5.81. The van der Waals surface area contributed by atoms with Crippen molar-refractivity contribution in [2.24, 2.45) is 4.40 Å². The van der Waals surface area contributed by atoms with Gasteiger partial charge < -0.3 is 4.74 Å². The molecule has 0 N–H and O–H groups in total. The van der Waals surface area contributed by atoms with Crippen LogP contribution in [-0.4, -0.2) is 27.1 Å². The minimum atomic E-state index is -4.29. The topological polar surface area (TPSA) is 89.9 Å². The van der Waals surface area contributed by atoms with Gasteiger partial charge in [-0.1, -0.05) is 17.4 Å². The number of esters is 1. The molecule has 1 aromatic carbocycles. The lowest BCUT2D eigenvalue weighted by Gasteiger charge is -2.08. The molecule has 0 heterocycles. The molecule has 0 saturated heterocycles. The van der Waals surface area contributed by atoms with Crippen LogP contribution in [0.25, 0.3) is 0 Å². The molecule has 0 amide bonds. The summed E-state index contributed by atoms with van der Waals surface area (Å²) in [4.78, 5) is 21.5. The van der Waals surface area contributed by atoms with E-state index in [4.69, 9.17) is 4.74 Å². The third-order valence-corrected chi connectivity index (χ3v) is 4.23. The second-order valence-electron chi connectivity index (χ2n) is 3.41. The van der Waals surface area contributed by atoms with Crippen molar-refractivity contribution in [2.45, 2.75) is 18.2 Å². The first-order valence-corrected chi connectivity index (χ1v) is 7.47. The zero-order valence-electron chi connectivity index (χ0n) is 9.92. The number of carbonyl (C=O) groups is 1. The van der Waals surface area contributed by atoms with Crippen molar-refractivity contribution in [3.05, 3.63) is 28.2 Å². The Morgan fingerprint density at radius 3 is 2.74 bits per heavy atom. The number of sulfonamides is 1. The van der Waals surface area contributed by atoms with Crippen molar-refractivity contribution < 1.29 is 22.7 Å². The summed E-state index contributed by atoms with van der Waals surface area (Å²) in [5.41, 5.74) is -0.179. The summed E-state index contributed by atoms with van der Waals surface area (Å²) in [5.74, 6) is -0.789. The SMILES string of the molecule is CCCOC(=O)c1cccc(Br)c1S(=O)(=O)N=C=O. The molecule has 1 aromatic rings. The summed E-state index contributed by atoms with van der Waals surface area (Å²) in [5, 5.41) is 0. The summed E-state index contributed by atoms with van der Waals surface area (Å²) in [7, 11) is -4.29. The van der Waals surface area contributed by atoms with Crippen molar-refractivity contribution in [3.63, 3.8) is 0 Å². The summed E-state index contributed by atoms with van der Waals surface area (Å²) in [6.07, 6.45) is 1.56. The van der Waals surface area contributed by atoms with E-state index in [2.05, 4.69) is 20.3 Å². The maximum atomic E-state index is 11.8. The molecular weight excluding hydrogens is 338 g/mol. The molecule has 0 saturated carbocycles. The van der Waals surface area contributed by atoms with Gasteiger partial charge in [0.05, 0.1) is 12.2 Å². The van der Waals surface area contributed by atoms with Crippen molar-refractivity contribution in [3.8, 4) is 0 Å². The smallest absolute Gasteiger partial charge is 0.339 e. The van der Waals surface area contributed by atoms with E-state index in [1.165, 1.54) is 18.2 Å². The number of nitrogens with zero attached hydrogens (tertiary/aromatic N) is 1. The Kier molecular flexibility index (Phi) is 5.41. The Bertz CT molecular complexity index is 634. The van der Waals surface area contributed by atoms with Crippen LogP contribution in [-0.2, 0) is 19.6 Å². The summed E-state index contributed by atoms with van der Waals surface area (Å²) in [6, 6.07) is 4.19. The lowest BCUT2D eigenvalue weighted by atomic mass is 10.2.